The Bertz CT molecular complexity index is 270. The van der Waals surface area contributed by atoms with Crippen molar-refractivity contribution in [3.8, 4) is 0 Å². The van der Waals surface area contributed by atoms with Gasteiger partial charge in [0, 0.05) is 10.8 Å². The number of nitrogens with zero attached hydrogens (tertiary/aromatic N) is 2. The van der Waals surface area contributed by atoms with Crippen LogP contribution in [0.1, 0.15) is 47.0 Å². The molecule has 4 nitrogen and oxygen atoms in total. The molecule has 4 heteroatoms. The van der Waals surface area contributed by atoms with E-state index in [1.807, 2.05) is 0 Å². The molecule has 0 aliphatic heterocycles. The highest BCUT2D eigenvalue weighted by Crippen LogP contribution is 2.38. The smallest absolute Gasteiger partial charge is 0.0894 e. The van der Waals surface area contributed by atoms with Gasteiger partial charge in [-0.15, -0.1) is 0 Å². The van der Waals surface area contributed by atoms with Gasteiger partial charge in [0.25, 0.3) is 0 Å². The molecule has 0 saturated heterocycles. The molecule has 0 bridgehead atoms. The van der Waals surface area contributed by atoms with E-state index < -0.39 is 0 Å². The van der Waals surface area contributed by atoms with E-state index >= 15 is 0 Å². The maximum absolute atomic E-state index is 5.49. The van der Waals surface area contributed by atoms with Gasteiger partial charge in [0.1, 0.15) is 0 Å². The zero-order valence-electron chi connectivity index (χ0n) is 10.2. The second-order valence-electron chi connectivity index (χ2n) is 5.58. The van der Waals surface area contributed by atoms with Crippen molar-refractivity contribution < 1.29 is 0 Å². The van der Waals surface area contributed by atoms with E-state index in [0.717, 1.165) is 30.7 Å². The molecular formula is C11H22N4. The van der Waals surface area contributed by atoms with Crippen molar-refractivity contribution in [2.75, 3.05) is 0 Å². The summed E-state index contributed by atoms with van der Waals surface area (Å²) in [6.45, 7) is 8.58. The molecule has 0 atom stereocenters. The first-order valence-electron chi connectivity index (χ1n) is 5.42. The lowest BCUT2D eigenvalue weighted by Gasteiger charge is -2.28. The summed E-state index contributed by atoms with van der Waals surface area (Å²) in [7, 11) is 0. The van der Waals surface area contributed by atoms with Gasteiger partial charge >= 0.3 is 0 Å². The molecule has 86 valence electrons. The fourth-order valence-electron chi connectivity index (χ4n) is 2.32. The highest BCUT2D eigenvalue weighted by Gasteiger charge is 2.39. The highest BCUT2D eigenvalue weighted by atomic mass is 15.2. The summed E-state index contributed by atoms with van der Waals surface area (Å²) in [4.78, 5) is 0. The molecule has 0 aromatic heterocycles. The number of rotatable bonds is 0. The van der Waals surface area contributed by atoms with Crippen LogP contribution in [0.3, 0.4) is 0 Å². The third-order valence-electron chi connectivity index (χ3n) is 3.37. The topological polar surface area (TPSA) is 76.8 Å². The van der Waals surface area contributed by atoms with E-state index in [-0.39, 0.29) is 10.8 Å². The first kappa shape index (κ1) is 12.0. The summed E-state index contributed by atoms with van der Waals surface area (Å²) in [5.41, 5.74) is 1.65. The monoisotopic (exact) mass is 210 g/mol. The van der Waals surface area contributed by atoms with Crippen molar-refractivity contribution in [1.29, 1.82) is 0 Å². The van der Waals surface area contributed by atoms with Crippen molar-refractivity contribution in [1.82, 2.24) is 0 Å². The molecule has 1 saturated carbocycles. The van der Waals surface area contributed by atoms with Crippen LogP contribution in [0.15, 0.2) is 10.2 Å². The number of hydrazone groups is 2. The van der Waals surface area contributed by atoms with Gasteiger partial charge in [-0.2, -0.15) is 10.2 Å². The van der Waals surface area contributed by atoms with Crippen LogP contribution < -0.4 is 11.7 Å². The van der Waals surface area contributed by atoms with Gasteiger partial charge < -0.3 is 11.7 Å². The predicted octanol–water partition coefficient (Wildman–Crippen LogP) is 1.85. The summed E-state index contributed by atoms with van der Waals surface area (Å²) in [6.07, 6.45) is 3.30. The fraction of sp³-hybridized carbons (Fsp3) is 0.818. The van der Waals surface area contributed by atoms with Gasteiger partial charge in [0.05, 0.1) is 11.4 Å². The van der Waals surface area contributed by atoms with Crippen LogP contribution in [0.5, 0.6) is 0 Å². The Kier molecular flexibility index (Phi) is 3.07. The quantitative estimate of drug-likeness (QED) is 0.363. The summed E-state index contributed by atoms with van der Waals surface area (Å²) >= 11 is 0. The van der Waals surface area contributed by atoms with Crippen LogP contribution in [0.2, 0.25) is 0 Å². The number of nitrogens with two attached hydrogens (primary N) is 2. The Hall–Kier alpha value is -1.06. The third-order valence-corrected chi connectivity index (χ3v) is 3.37. The minimum absolute atomic E-state index is 0.0271. The Morgan fingerprint density at radius 3 is 1.47 bits per heavy atom. The maximum Gasteiger partial charge on any atom is 0.0894 e. The summed E-state index contributed by atoms with van der Waals surface area (Å²) in [6, 6.07) is 0. The van der Waals surface area contributed by atoms with Gasteiger partial charge in [-0.1, -0.05) is 34.1 Å². The van der Waals surface area contributed by atoms with Gasteiger partial charge in [0.15, 0.2) is 0 Å². The van der Waals surface area contributed by atoms with Crippen molar-refractivity contribution in [3.63, 3.8) is 0 Å². The third kappa shape index (κ3) is 2.13. The molecule has 0 unspecified atom stereocenters. The minimum Gasteiger partial charge on any atom is -0.323 e. The first-order valence-corrected chi connectivity index (χ1v) is 5.42. The average Bonchev–Trinajstić information content (AvgIpc) is 2.19. The van der Waals surface area contributed by atoms with Gasteiger partial charge in [-0.25, -0.2) is 0 Å². The number of hydrogen-bond donors (Lipinski definition) is 2. The second kappa shape index (κ2) is 3.83. The molecular weight excluding hydrogens is 188 g/mol. The van der Waals surface area contributed by atoms with Crippen molar-refractivity contribution in [3.05, 3.63) is 0 Å². The summed E-state index contributed by atoms with van der Waals surface area (Å²) in [5, 5.41) is 7.83. The predicted molar refractivity (Wildman–Crippen MR) is 64.7 cm³/mol. The molecule has 1 rings (SSSR count). The molecule has 0 aromatic rings. The lowest BCUT2D eigenvalue weighted by atomic mass is 9.77. The molecule has 1 aliphatic carbocycles. The molecule has 4 N–H and O–H groups in total. The normalized spacial score (nSPS) is 30.4. The SMILES string of the molecule is CC1(C)CCCC(C)(C)C(=N\N)/C1=N/N. The van der Waals surface area contributed by atoms with E-state index in [9.17, 15) is 0 Å². The summed E-state index contributed by atoms with van der Waals surface area (Å²) in [5.74, 6) is 11.0. The summed E-state index contributed by atoms with van der Waals surface area (Å²) < 4.78 is 0. The largest absolute Gasteiger partial charge is 0.323 e. The average molecular weight is 210 g/mol. The lowest BCUT2D eigenvalue weighted by molar-refractivity contribution is 0.411. The van der Waals surface area contributed by atoms with Gasteiger partial charge in [-0.3, -0.25) is 0 Å². The molecule has 15 heavy (non-hydrogen) atoms. The van der Waals surface area contributed by atoms with E-state index in [2.05, 4.69) is 37.9 Å². The number of hydrogen-bond acceptors (Lipinski definition) is 4. The molecule has 0 heterocycles. The van der Waals surface area contributed by atoms with Crippen LogP contribution in [0, 0.1) is 10.8 Å². The maximum atomic E-state index is 5.49. The van der Waals surface area contributed by atoms with Crippen LogP contribution >= 0.6 is 0 Å². The Balaban J connectivity index is 3.24. The second-order valence-corrected chi connectivity index (χ2v) is 5.58. The zero-order chi connectivity index (χ0) is 11.7. The molecule has 1 aliphatic rings. The Labute approximate surface area is 91.8 Å². The molecule has 0 aromatic carbocycles. The van der Waals surface area contributed by atoms with E-state index in [0.29, 0.717) is 0 Å². The van der Waals surface area contributed by atoms with Gasteiger partial charge in [0.2, 0.25) is 0 Å². The van der Waals surface area contributed by atoms with Gasteiger partial charge in [-0.05, 0) is 12.8 Å². The lowest BCUT2D eigenvalue weighted by Crippen LogP contribution is -2.38. The first-order chi connectivity index (χ1) is 6.85. The molecule has 0 spiro atoms. The Morgan fingerprint density at radius 2 is 1.20 bits per heavy atom. The minimum atomic E-state index is -0.0271. The van der Waals surface area contributed by atoms with Crippen LogP contribution in [0.25, 0.3) is 0 Å². The molecule has 0 amide bonds. The van der Waals surface area contributed by atoms with Crippen LogP contribution in [0.4, 0.5) is 0 Å². The Morgan fingerprint density at radius 1 is 0.867 bits per heavy atom. The van der Waals surface area contributed by atoms with E-state index in [1.54, 1.807) is 0 Å². The fourth-order valence-corrected chi connectivity index (χ4v) is 2.32. The molecule has 1 fully saturated rings. The highest BCUT2D eigenvalue weighted by molar-refractivity contribution is 6.45. The molecule has 0 radical (unpaired) electrons. The van der Waals surface area contributed by atoms with E-state index in [1.165, 1.54) is 0 Å². The van der Waals surface area contributed by atoms with Crippen LogP contribution in [-0.4, -0.2) is 11.4 Å². The van der Waals surface area contributed by atoms with Crippen LogP contribution in [-0.2, 0) is 0 Å². The van der Waals surface area contributed by atoms with Crippen molar-refractivity contribution in [2.24, 2.45) is 32.7 Å². The zero-order valence-corrected chi connectivity index (χ0v) is 10.2. The van der Waals surface area contributed by atoms with E-state index in [4.69, 9.17) is 11.7 Å². The van der Waals surface area contributed by atoms with Crippen molar-refractivity contribution >= 4 is 11.4 Å². The van der Waals surface area contributed by atoms with Crippen molar-refractivity contribution in [2.45, 2.75) is 47.0 Å². The standard InChI is InChI=1S/C11H22N4/c1-10(2)6-5-7-11(3,4)9(15-13)8(10)14-12/h5-7,12-13H2,1-4H3/b14-8-,15-9-.